The Bertz CT molecular complexity index is 776. The molecule has 138 valence electrons. The van der Waals surface area contributed by atoms with Crippen LogP contribution in [-0.2, 0) is 11.2 Å². The summed E-state index contributed by atoms with van der Waals surface area (Å²) in [7, 11) is 0. The average molecular weight is 357 g/mol. The molecule has 26 heavy (non-hydrogen) atoms. The van der Waals surface area contributed by atoms with E-state index in [1.807, 2.05) is 0 Å². The van der Waals surface area contributed by atoms with Crippen molar-refractivity contribution in [1.29, 1.82) is 0 Å². The lowest BCUT2D eigenvalue weighted by molar-refractivity contribution is -0.121. The highest BCUT2D eigenvalue weighted by atomic mass is 19.1. The number of amides is 1. The van der Waals surface area contributed by atoms with Crippen molar-refractivity contribution in [3.05, 3.63) is 36.0 Å². The van der Waals surface area contributed by atoms with Gasteiger partial charge in [-0.25, -0.2) is 4.39 Å². The van der Waals surface area contributed by atoms with Gasteiger partial charge in [0.2, 0.25) is 17.6 Å². The standard InChI is InChI=1S/C20H24FN3O2/c21-17-7-2-1-5-16(17)20-23-19(26-24-20)11-10-18(25)22-12-14-9-8-13-4-3-6-15(13)14/h1-2,5,7,13-15H,3-4,6,8-12H2,(H,22,25)/t13-,14+,15-/m0/s1. The maximum atomic E-state index is 13.8. The molecule has 1 amide bonds. The summed E-state index contributed by atoms with van der Waals surface area (Å²) in [6, 6.07) is 6.30. The lowest BCUT2D eigenvalue weighted by Gasteiger charge is -2.18. The van der Waals surface area contributed by atoms with E-state index in [1.165, 1.54) is 38.2 Å². The molecule has 1 heterocycles. The second kappa shape index (κ2) is 7.56. The topological polar surface area (TPSA) is 68.0 Å². The van der Waals surface area contributed by atoms with E-state index in [0.717, 1.165) is 18.4 Å². The fraction of sp³-hybridized carbons (Fsp3) is 0.550. The number of benzene rings is 1. The second-order valence-corrected chi connectivity index (χ2v) is 7.49. The van der Waals surface area contributed by atoms with Crippen LogP contribution < -0.4 is 5.32 Å². The molecule has 0 spiro atoms. The smallest absolute Gasteiger partial charge is 0.227 e. The lowest BCUT2D eigenvalue weighted by atomic mass is 9.92. The number of halogens is 1. The molecule has 0 saturated heterocycles. The largest absolute Gasteiger partial charge is 0.356 e. The molecular weight excluding hydrogens is 333 g/mol. The summed E-state index contributed by atoms with van der Waals surface area (Å²) < 4.78 is 18.9. The van der Waals surface area contributed by atoms with Gasteiger partial charge in [-0.2, -0.15) is 4.98 Å². The van der Waals surface area contributed by atoms with E-state index in [0.29, 0.717) is 30.2 Å². The van der Waals surface area contributed by atoms with Crippen molar-refractivity contribution >= 4 is 5.91 Å². The third-order valence-corrected chi connectivity index (χ3v) is 5.94. The highest BCUT2D eigenvalue weighted by Crippen LogP contribution is 2.47. The number of aromatic nitrogens is 2. The Hall–Kier alpha value is -2.24. The molecule has 5 nitrogen and oxygen atoms in total. The molecule has 0 bridgehead atoms. The van der Waals surface area contributed by atoms with Gasteiger partial charge < -0.3 is 9.84 Å². The number of nitrogens with one attached hydrogen (secondary N) is 1. The van der Waals surface area contributed by atoms with Crippen LogP contribution in [-0.4, -0.2) is 22.6 Å². The number of nitrogens with zero attached hydrogens (tertiary/aromatic N) is 2. The summed E-state index contributed by atoms with van der Waals surface area (Å²) in [5.74, 6) is 2.55. The van der Waals surface area contributed by atoms with Crippen molar-refractivity contribution in [3.63, 3.8) is 0 Å². The van der Waals surface area contributed by atoms with Crippen LogP contribution in [0.5, 0.6) is 0 Å². The molecule has 2 aliphatic carbocycles. The summed E-state index contributed by atoms with van der Waals surface area (Å²) in [6.45, 7) is 0.782. The Balaban J connectivity index is 1.25. The molecule has 2 fully saturated rings. The van der Waals surface area contributed by atoms with Crippen molar-refractivity contribution in [2.75, 3.05) is 6.54 Å². The van der Waals surface area contributed by atoms with Gasteiger partial charge in [0.1, 0.15) is 5.82 Å². The number of hydrogen-bond donors (Lipinski definition) is 1. The highest BCUT2D eigenvalue weighted by molar-refractivity contribution is 5.76. The first kappa shape index (κ1) is 17.2. The van der Waals surface area contributed by atoms with E-state index in [4.69, 9.17) is 4.52 Å². The fourth-order valence-corrected chi connectivity index (χ4v) is 4.60. The molecule has 1 N–H and O–H groups in total. The van der Waals surface area contributed by atoms with Gasteiger partial charge in [-0.1, -0.05) is 30.1 Å². The Morgan fingerprint density at radius 2 is 2.12 bits per heavy atom. The van der Waals surface area contributed by atoms with Gasteiger partial charge in [0, 0.05) is 19.4 Å². The zero-order valence-corrected chi connectivity index (χ0v) is 14.8. The van der Waals surface area contributed by atoms with Gasteiger partial charge in [0.05, 0.1) is 5.56 Å². The summed E-state index contributed by atoms with van der Waals surface area (Å²) in [5.41, 5.74) is 0.305. The Kier molecular flexibility index (Phi) is 5.00. The van der Waals surface area contributed by atoms with Gasteiger partial charge in [-0.05, 0) is 49.1 Å². The monoisotopic (exact) mass is 357 g/mol. The van der Waals surface area contributed by atoms with Crippen LogP contribution >= 0.6 is 0 Å². The maximum Gasteiger partial charge on any atom is 0.227 e. The predicted octanol–water partition coefficient (Wildman–Crippen LogP) is 3.75. The van der Waals surface area contributed by atoms with E-state index in [2.05, 4.69) is 15.5 Å². The number of carbonyl (C=O) groups excluding carboxylic acids is 1. The minimum atomic E-state index is -0.389. The number of carbonyl (C=O) groups is 1. The van der Waals surface area contributed by atoms with Crippen LogP contribution in [0.4, 0.5) is 4.39 Å². The van der Waals surface area contributed by atoms with Crippen molar-refractivity contribution in [1.82, 2.24) is 15.5 Å². The van der Waals surface area contributed by atoms with E-state index >= 15 is 0 Å². The molecule has 4 rings (SSSR count). The first-order valence-corrected chi connectivity index (χ1v) is 9.55. The molecule has 0 unspecified atom stereocenters. The summed E-state index contributed by atoms with van der Waals surface area (Å²) in [4.78, 5) is 16.3. The number of rotatable bonds is 6. The van der Waals surface area contributed by atoms with Crippen molar-refractivity contribution in [2.24, 2.45) is 17.8 Å². The molecule has 2 aliphatic rings. The van der Waals surface area contributed by atoms with Crippen molar-refractivity contribution in [2.45, 2.75) is 44.9 Å². The van der Waals surface area contributed by atoms with Crippen LogP contribution in [0.1, 0.15) is 44.4 Å². The van der Waals surface area contributed by atoms with Gasteiger partial charge in [-0.15, -0.1) is 0 Å². The molecule has 6 heteroatoms. The summed E-state index contributed by atoms with van der Waals surface area (Å²) in [6.07, 6.45) is 7.28. The van der Waals surface area contributed by atoms with Crippen LogP contribution in [0.2, 0.25) is 0 Å². The Labute approximate surface area is 152 Å². The zero-order chi connectivity index (χ0) is 17.9. The normalized spacial score (nSPS) is 24.6. The lowest BCUT2D eigenvalue weighted by Crippen LogP contribution is -2.31. The molecule has 3 atom stereocenters. The van der Waals surface area contributed by atoms with Gasteiger partial charge in [0.25, 0.3) is 0 Å². The van der Waals surface area contributed by atoms with Crippen molar-refractivity contribution in [3.8, 4) is 11.4 Å². The third kappa shape index (κ3) is 3.64. The van der Waals surface area contributed by atoms with Gasteiger partial charge >= 0.3 is 0 Å². The number of aryl methyl sites for hydroxylation is 1. The molecule has 2 aromatic rings. The Morgan fingerprint density at radius 1 is 1.23 bits per heavy atom. The molecule has 2 saturated carbocycles. The third-order valence-electron chi connectivity index (χ3n) is 5.94. The highest BCUT2D eigenvalue weighted by Gasteiger charge is 2.38. The summed E-state index contributed by atoms with van der Waals surface area (Å²) >= 11 is 0. The quantitative estimate of drug-likeness (QED) is 0.855. The average Bonchev–Trinajstić information content (AvgIpc) is 3.36. The first-order chi connectivity index (χ1) is 12.7. The van der Waals surface area contributed by atoms with E-state index in [9.17, 15) is 9.18 Å². The fourth-order valence-electron chi connectivity index (χ4n) is 4.60. The number of fused-ring (bicyclic) bond motifs is 1. The zero-order valence-electron chi connectivity index (χ0n) is 14.8. The SMILES string of the molecule is O=C(CCc1nc(-c2ccccc2F)no1)NC[C@H]1CC[C@@H]2CCC[C@@H]21. The second-order valence-electron chi connectivity index (χ2n) is 7.49. The molecular formula is C20H24FN3O2. The van der Waals surface area contributed by atoms with Gasteiger partial charge in [-0.3, -0.25) is 4.79 Å². The van der Waals surface area contributed by atoms with Gasteiger partial charge in [0.15, 0.2) is 0 Å². The van der Waals surface area contributed by atoms with Crippen molar-refractivity contribution < 1.29 is 13.7 Å². The molecule has 1 aromatic carbocycles. The summed E-state index contributed by atoms with van der Waals surface area (Å²) in [5, 5.41) is 6.88. The minimum Gasteiger partial charge on any atom is -0.356 e. The van der Waals surface area contributed by atoms with Crippen LogP contribution in [0, 0.1) is 23.6 Å². The van der Waals surface area contributed by atoms with Crippen LogP contribution in [0.3, 0.4) is 0 Å². The first-order valence-electron chi connectivity index (χ1n) is 9.55. The molecule has 0 aliphatic heterocycles. The predicted molar refractivity (Wildman–Crippen MR) is 94.6 cm³/mol. The number of hydrogen-bond acceptors (Lipinski definition) is 4. The van der Waals surface area contributed by atoms with E-state index in [1.54, 1.807) is 18.2 Å². The Morgan fingerprint density at radius 3 is 3.00 bits per heavy atom. The van der Waals surface area contributed by atoms with E-state index in [-0.39, 0.29) is 17.5 Å². The molecule has 1 aromatic heterocycles. The minimum absolute atomic E-state index is 0.0112. The van der Waals surface area contributed by atoms with Crippen LogP contribution in [0.15, 0.2) is 28.8 Å². The maximum absolute atomic E-state index is 13.8. The van der Waals surface area contributed by atoms with Crippen LogP contribution in [0.25, 0.3) is 11.4 Å². The molecule has 0 radical (unpaired) electrons. The van der Waals surface area contributed by atoms with E-state index < -0.39 is 0 Å².